The fourth-order valence-corrected chi connectivity index (χ4v) is 3.32. The van der Waals surface area contributed by atoms with Crippen molar-refractivity contribution in [1.29, 1.82) is 0 Å². The molecule has 162 valence electrons. The number of ketones is 1. The summed E-state index contributed by atoms with van der Waals surface area (Å²) in [6.45, 7) is 15.0. The van der Waals surface area contributed by atoms with E-state index in [1.807, 2.05) is 32.2 Å². The molecular formula is C26H35NO3. The topological polar surface area (TPSA) is 58.6 Å². The molecule has 2 N–H and O–H groups in total. The Bertz CT molecular complexity index is 927. The molecule has 0 atom stereocenters. The van der Waals surface area contributed by atoms with Gasteiger partial charge in [-0.2, -0.15) is 0 Å². The van der Waals surface area contributed by atoms with Crippen LogP contribution in [0.25, 0.3) is 6.08 Å². The van der Waals surface area contributed by atoms with Crippen molar-refractivity contribution in [3.63, 3.8) is 0 Å². The lowest BCUT2D eigenvalue weighted by Gasteiger charge is -2.29. The Morgan fingerprint density at radius 3 is 2.07 bits per heavy atom. The number of allylic oxidation sites excluding steroid dienone is 1. The van der Waals surface area contributed by atoms with Crippen LogP contribution in [0.15, 0.2) is 36.4 Å². The van der Waals surface area contributed by atoms with Crippen molar-refractivity contribution in [3.8, 4) is 11.5 Å². The van der Waals surface area contributed by atoms with Crippen molar-refractivity contribution in [1.82, 2.24) is 0 Å². The summed E-state index contributed by atoms with van der Waals surface area (Å²) in [5, 5.41) is 14.2. The molecule has 0 aliphatic rings. The standard InChI is InChI=1S/C26H35NO3/c1-9-30-24-19(14-15-22(28)17-10-12-18(27-8)13-11-17)23(29)20(25(2,3)4)16-21(24)26(5,6)7/h10-16,27,29H,9H2,1-8H3/b15-14+. The van der Waals surface area contributed by atoms with Gasteiger partial charge in [0.25, 0.3) is 0 Å². The summed E-state index contributed by atoms with van der Waals surface area (Å²) in [5.41, 5.74) is 3.48. The number of benzene rings is 2. The van der Waals surface area contributed by atoms with Crippen LogP contribution in [-0.2, 0) is 10.8 Å². The normalized spacial score (nSPS) is 12.3. The number of carbonyl (C=O) groups excluding carboxylic acids is 1. The van der Waals surface area contributed by atoms with E-state index in [1.54, 1.807) is 18.2 Å². The van der Waals surface area contributed by atoms with E-state index < -0.39 is 0 Å². The van der Waals surface area contributed by atoms with Crippen molar-refractivity contribution < 1.29 is 14.6 Å². The summed E-state index contributed by atoms with van der Waals surface area (Å²) in [6.07, 6.45) is 3.18. The smallest absolute Gasteiger partial charge is 0.185 e. The largest absolute Gasteiger partial charge is 0.507 e. The van der Waals surface area contributed by atoms with Crippen molar-refractivity contribution in [3.05, 3.63) is 58.7 Å². The minimum atomic E-state index is -0.260. The summed E-state index contributed by atoms with van der Waals surface area (Å²) in [6, 6.07) is 9.34. The zero-order valence-corrected chi connectivity index (χ0v) is 19.5. The minimum absolute atomic E-state index is 0.127. The Labute approximate surface area is 181 Å². The van der Waals surface area contributed by atoms with E-state index in [0.717, 1.165) is 16.8 Å². The molecule has 0 saturated heterocycles. The lowest BCUT2D eigenvalue weighted by Crippen LogP contribution is -2.19. The van der Waals surface area contributed by atoms with Gasteiger partial charge in [-0.15, -0.1) is 0 Å². The molecule has 0 unspecified atom stereocenters. The first-order valence-electron chi connectivity index (χ1n) is 10.4. The van der Waals surface area contributed by atoms with Gasteiger partial charge >= 0.3 is 0 Å². The zero-order valence-electron chi connectivity index (χ0n) is 19.5. The Kier molecular flexibility index (Phi) is 7.02. The van der Waals surface area contributed by atoms with E-state index in [4.69, 9.17) is 4.74 Å². The number of aromatic hydroxyl groups is 1. The highest BCUT2D eigenvalue weighted by molar-refractivity contribution is 6.07. The fourth-order valence-electron chi connectivity index (χ4n) is 3.32. The summed E-state index contributed by atoms with van der Waals surface area (Å²) >= 11 is 0. The van der Waals surface area contributed by atoms with E-state index in [9.17, 15) is 9.90 Å². The fraction of sp³-hybridized carbons (Fsp3) is 0.423. The maximum atomic E-state index is 12.7. The van der Waals surface area contributed by atoms with Gasteiger partial charge in [-0.05, 0) is 60.2 Å². The van der Waals surface area contributed by atoms with E-state index in [0.29, 0.717) is 23.5 Å². The highest BCUT2D eigenvalue weighted by atomic mass is 16.5. The number of nitrogens with one attached hydrogen (secondary N) is 1. The lowest BCUT2D eigenvalue weighted by atomic mass is 9.78. The first kappa shape index (κ1) is 23.5. The minimum Gasteiger partial charge on any atom is -0.507 e. The average molecular weight is 410 g/mol. The SMILES string of the molecule is CCOc1c(C(C)(C)C)cc(C(C)(C)C)c(O)c1/C=C/C(=O)c1ccc(NC)cc1. The molecule has 2 aromatic rings. The van der Waals surface area contributed by atoms with E-state index >= 15 is 0 Å². The van der Waals surface area contributed by atoms with Gasteiger partial charge in [0.1, 0.15) is 11.5 Å². The molecule has 0 aliphatic carbocycles. The van der Waals surface area contributed by atoms with Crippen LogP contribution in [0.3, 0.4) is 0 Å². The van der Waals surface area contributed by atoms with Crippen molar-refractivity contribution in [2.45, 2.75) is 59.3 Å². The monoisotopic (exact) mass is 409 g/mol. The lowest BCUT2D eigenvalue weighted by molar-refractivity contribution is 0.104. The molecule has 2 rings (SSSR count). The van der Waals surface area contributed by atoms with Gasteiger partial charge in [-0.3, -0.25) is 4.79 Å². The number of ether oxygens (including phenoxy) is 1. The highest BCUT2D eigenvalue weighted by Crippen LogP contribution is 2.45. The Balaban J connectivity index is 2.63. The molecule has 0 fully saturated rings. The number of phenolic OH excluding ortho intramolecular Hbond substituents is 1. The third kappa shape index (κ3) is 5.24. The summed E-state index contributed by atoms with van der Waals surface area (Å²) in [4.78, 5) is 12.7. The number of phenols is 1. The van der Waals surface area contributed by atoms with Gasteiger partial charge in [0.05, 0.1) is 12.2 Å². The molecule has 0 aromatic heterocycles. The Morgan fingerprint density at radius 2 is 1.60 bits per heavy atom. The predicted molar refractivity (Wildman–Crippen MR) is 126 cm³/mol. The maximum Gasteiger partial charge on any atom is 0.185 e. The van der Waals surface area contributed by atoms with Crippen LogP contribution >= 0.6 is 0 Å². The molecule has 0 radical (unpaired) electrons. The van der Waals surface area contributed by atoms with E-state index in [-0.39, 0.29) is 22.4 Å². The number of carbonyl (C=O) groups is 1. The number of rotatable bonds is 6. The van der Waals surface area contributed by atoms with Crippen LogP contribution in [-0.4, -0.2) is 24.5 Å². The number of anilines is 1. The molecule has 0 spiro atoms. The molecule has 2 aromatic carbocycles. The van der Waals surface area contributed by atoms with Gasteiger partial charge < -0.3 is 15.2 Å². The first-order chi connectivity index (χ1) is 13.9. The summed E-state index contributed by atoms with van der Waals surface area (Å²) in [5.74, 6) is 0.664. The molecule has 30 heavy (non-hydrogen) atoms. The molecule has 0 amide bonds. The predicted octanol–water partition coefficient (Wildman–Crippen LogP) is 6.32. The Morgan fingerprint density at radius 1 is 1.03 bits per heavy atom. The second kappa shape index (κ2) is 8.95. The van der Waals surface area contributed by atoms with Crippen LogP contribution in [0.4, 0.5) is 5.69 Å². The molecule has 4 heteroatoms. The number of hydrogen-bond acceptors (Lipinski definition) is 4. The molecule has 0 saturated carbocycles. The molecule has 4 nitrogen and oxygen atoms in total. The highest BCUT2D eigenvalue weighted by Gasteiger charge is 2.29. The van der Waals surface area contributed by atoms with Gasteiger partial charge in [-0.1, -0.05) is 41.5 Å². The third-order valence-corrected chi connectivity index (χ3v) is 5.05. The van der Waals surface area contributed by atoms with Gasteiger partial charge in [-0.25, -0.2) is 0 Å². The zero-order chi connectivity index (χ0) is 22.7. The van der Waals surface area contributed by atoms with Gasteiger partial charge in [0, 0.05) is 29.4 Å². The molecule has 0 bridgehead atoms. The molecule has 0 aliphatic heterocycles. The second-order valence-electron chi connectivity index (χ2n) is 9.52. The van der Waals surface area contributed by atoms with Crippen LogP contribution in [0.1, 0.15) is 75.5 Å². The van der Waals surface area contributed by atoms with Crippen molar-refractivity contribution in [2.24, 2.45) is 0 Å². The first-order valence-corrected chi connectivity index (χ1v) is 10.4. The Hall–Kier alpha value is -2.75. The third-order valence-electron chi connectivity index (χ3n) is 5.05. The quantitative estimate of drug-likeness (QED) is 0.433. The second-order valence-corrected chi connectivity index (χ2v) is 9.52. The van der Waals surface area contributed by atoms with E-state index in [2.05, 4.69) is 46.9 Å². The summed E-state index contributed by atoms with van der Waals surface area (Å²) in [7, 11) is 1.84. The van der Waals surface area contributed by atoms with Gasteiger partial charge in [0.15, 0.2) is 5.78 Å². The molecular weight excluding hydrogens is 374 g/mol. The number of hydrogen-bond donors (Lipinski definition) is 2. The maximum absolute atomic E-state index is 12.7. The van der Waals surface area contributed by atoms with Crippen LogP contribution in [0, 0.1) is 0 Å². The van der Waals surface area contributed by atoms with Gasteiger partial charge in [0.2, 0.25) is 0 Å². The van der Waals surface area contributed by atoms with E-state index in [1.165, 1.54) is 6.08 Å². The van der Waals surface area contributed by atoms with Crippen molar-refractivity contribution in [2.75, 3.05) is 19.0 Å². The molecule has 0 heterocycles. The van der Waals surface area contributed by atoms with Crippen LogP contribution < -0.4 is 10.1 Å². The average Bonchev–Trinajstić information content (AvgIpc) is 2.65. The van der Waals surface area contributed by atoms with Crippen molar-refractivity contribution >= 4 is 17.5 Å². The van der Waals surface area contributed by atoms with Crippen LogP contribution in [0.5, 0.6) is 11.5 Å². The summed E-state index contributed by atoms with van der Waals surface area (Å²) < 4.78 is 5.98. The van der Waals surface area contributed by atoms with Crippen LogP contribution in [0.2, 0.25) is 0 Å².